The maximum Gasteiger partial charge on any atom is 0.355 e. The summed E-state index contributed by atoms with van der Waals surface area (Å²) < 4.78 is 5.02. The summed E-state index contributed by atoms with van der Waals surface area (Å²) in [5, 5.41) is 0. The van der Waals surface area contributed by atoms with Crippen LogP contribution in [0.15, 0.2) is 36.5 Å². The Hall–Kier alpha value is -2.03. The van der Waals surface area contributed by atoms with E-state index in [1.54, 1.807) is 13.1 Å². The fourth-order valence-corrected chi connectivity index (χ4v) is 1.84. The van der Waals surface area contributed by atoms with E-state index in [4.69, 9.17) is 4.74 Å². The number of carbonyl (C=O) groups excluding carboxylic acids is 1. The molecule has 0 radical (unpaired) electrons. The molecule has 17 heavy (non-hydrogen) atoms. The molecular formula is C14H15NO2. The maximum absolute atomic E-state index is 11.8. The number of hydrogen-bond acceptors (Lipinski definition) is 2. The molecule has 0 aliphatic carbocycles. The SMILES string of the molecule is CCOC(=O)c1[nH]ccc1-c1ccccc1C. The van der Waals surface area contributed by atoms with E-state index in [9.17, 15) is 4.79 Å². The number of carbonyl (C=O) groups is 1. The third-order valence-electron chi connectivity index (χ3n) is 2.66. The van der Waals surface area contributed by atoms with Crippen LogP contribution in [0.1, 0.15) is 23.0 Å². The number of esters is 1. The lowest BCUT2D eigenvalue weighted by Crippen LogP contribution is -2.06. The minimum atomic E-state index is -0.309. The first-order valence-electron chi connectivity index (χ1n) is 5.64. The number of aromatic nitrogens is 1. The van der Waals surface area contributed by atoms with Crippen LogP contribution in [-0.4, -0.2) is 17.6 Å². The molecule has 0 unspecified atom stereocenters. The van der Waals surface area contributed by atoms with Gasteiger partial charge in [0.25, 0.3) is 0 Å². The highest BCUT2D eigenvalue weighted by Crippen LogP contribution is 2.26. The topological polar surface area (TPSA) is 42.1 Å². The van der Waals surface area contributed by atoms with Gasteiger partial charge in [0.2, 0.25) is 0 Å². The van der Waals surface area contributed by atoms with Crippen LogP contribution in [0.25, 0.3) is 11.1 Å². The average molecular weight is 229 g/mol. The summed E-state index contributed by atoms with van der Waals surface area (Å²) in [5.41, 5.74) is 3.59. The van der Waals surface area contributed by atoms with Crippen LogP contribution >= 0.6 is 0 Å². The van der Waals surface area contributed by atoms with Gasteiger partial charge in [-0.25, -0.2) is 4.79 Å². The lowest BCUT2D eigenvalue weighted by atomic mass is 10.0. The highest BCUT2D eigenvalue weighted by atomic mass is 16.5. The van der Waals surface area contributed by atoms with Gasteiger partial charge in [0.1, 0.15) is 5.69 Å². The van der Waals surface area contributed by atoms with Crippen LogP contribution in [0.4, 0.5) is 0 Å². The fraction of sp³-hybridized carbons (Fsp3) is 0.214. The van der Waals surface area contributed by atoms with Gasteiger partial charge in [-0.1, -0.05) is 24.3 Å². The van der Waals surface area contributed by atoms with Gasteiger partial charge in [0, 0.05) is 11.8 Å². The molecule has 0 aliphatic heterocycles. The van der Waals surface area contributed by atoms with Gasteiger partial charge in [0.05, 0.1) is 6.61 Å². The van der Waals surface area contributed by atoms with Crippen molar-refractivity contribution in [1.82, 2.24) is 4.98 Å². The Morgan fingerprint density at radius 2 is 2.00 bits per heavy atom. The van der Waals surface area contributed by atoms with Crippen LogP contribution in [0.5, 0.6) is 0 Å². The predicted molar refractivity (Wildman–Crippen MR) is 66.9 cm³/mol. The first-order chi connectivity index (χ1) is 8.24. The molecule has 0 atom stereocenters. The lowest BCUT2D eigenvalue weighted by Gasteiger charge is -2.06. The van der Waals surface area contributed by atoms with Crippen LogP contribution in [0.2, 0.25) is 0 Å². The van der Waals surface area contributed by atoms with Crippen molar-refractivity contribution in [1.29, 1.82) is 0 Å². The number of hydrogen-bond donors (Lipinski definition) is 1. The van der Waals surface area contributed by atoms with E-state index in [0.29, 0.717) is 12.3 Å². The minimum absolute atomic E-state index is 0.309. The normalized spacial score (nSPS) is 10.2. The van der Waals surface area contributed by atoms with Crippen LogP contribution < -0.4 is 0 Å². The number of aromatic amines is 1. The van der Waals surface area contributed by atoms with E-state index in [2.05, 4.69) is 4.98 Å². The van der Waals surface area contributed by atoms with Gasteiger partial charge < -0.3 is 9.72 Å². The smallest absolute Gasteiger partial charge is 0.355 e. The summed E-state index contributed by atoms with van der Waals surface area (Å²) in [6.45, 7) is 4.20. The molecule has 1 aromatic heterocycles. The molecule has 0 spiro atoms. The molecule has 1 N–H and O–H groups in total. The van der Waals surface area contributed by atoms with Gasteiger partial charge in [0.15, 0.2) is 0 Å². The van der Waals surface area contributed by atoms with E-state index in [0.717, 1.165) is 16.7 Å². The Kier molecular flexibility index (Phi) is 3.28. The standard InChI is InChI=1S/C14H15NO2/c1-3-17-14(16)13-12(8-9-15-13)11-7-5-4-6-10(11)2/h4-9,15H,3H2,1-2H3. The molecule has 0 bridgehead atoms. The predicted octanol–water partition coefficient (Wildman–Crippen LogP) is 3.17. The second-order valence-corrected chi connectivity index (χ2v) is 3.80. The molecule has 0 fully saturated rings. The highest BCUT2D eigenvalue weighted by molar-refractivity contribution is 5.96. The summed E-state index contributed by atoms with van der Waals surface area (Å²) in [4.78, 5) is 14.7. The van der Waals surface area contributed by atoms with Crippen molar-refractivity contribution in [2.75, 3.05) is 6.61 Å². The summed E-state index contributed by atoms with van der Waals surface area (Å²) in [7, 11) is 0. The Bertz CT molecular complexity index is 529. The third kappa shape index (κ3) is 2.23. The molecule has 88 valence electrons. The zero-order valence-electron chi connectivity index (χ0n) is 9.99. The van der Waals surface area contributed by atoms with Crippen molar-refractivity contribution in [2.45, 2.75) is 13.8 Å². The number of aryl methyl sites for hydroxylation is 1. The second kappa shape index (κ2) is 4.87. The van der Waals surface area contributed by atoms with Crippen molar-refractivity contribution in [3.63, 3.8) is 0 Å². The molecule has 0 aliphatic rings. The zero-order valence-corrected chi connectivity index (χ0v) is 9.99. The van der Waals surface area contributed by atoms with E-state index in [1.807, 2.05) is 37.3 Å². The molecule has 0 amide bonds. The Labute approximate surface area is 100 Å². The first-order valence-corrected chi connectivity index (χ1v) is 5.64. The van der Waals surface area contributed by atoms with Crippen molar-refractivity contribution in [3.8, 4) is 11.1 Å². The highest BCUT2D eigenvalue weighted by Gasteiger charge is 2.15. The molecule has 1 heterocycles. The summed E-state index contributed by atoms with van der Waals surface area (Å²) >= 11 is 0. The second-order valence-electron chi connectivity index (χ2n) is 3.80. The molecule has 0 saturated carbocycles. The number of nitrogens with one attached hydrogen (secondary N) is 1. The number of ether oxygens (including phenoxy) is 1. The van der Waals surface area contributed by atoms with Crippen molar-refractivity contribution in [3.05, 3.63) is 47.8 Å². The van der Waals surface area contributed by atoms with E-state index in [-0.39, 0.29) is 5.97 Å². The Morgan fingerprint density at radius 3 is 2.71 bits per heavy atom. The summed E-state index contributed by atoms with van der Waals surface area (Å²) in [6, 6.07) is 9.87. The molecule has 3 heteroatoms. The fourth-order valence-electron chi connectivity index (χ4n) is 1.84. The van der Waals surface area contributed by atoms with Crippen LogP contribution in [0, 0.1) is 6.92 Å². The largest absolute Gasteiger partial charge is 0.461 e. The van der Waals surface area contributed by atoms with Gasteiger partial charge in [-0.3, -0.25) is 0 Å². The van der Waals surface area contributed by atoms with Gasteiger partial charge in [-0.15, -0.1) is 0 Å². The van der Waals surface area contributed by atoms with E-state index in [1.165, 1.54) is 0 Å². The molecule has 0 saturated heterocycles. The minimum Gasteiger partial charge on any atom is -0.461 e. The van der Waals surface area contributed by atoms with Crippen molar-refractivity contribution in [2.24, 2.45) is 0 Å². The van der Waals surface area contributed by atoms with Gasteiger partial charge >= 0.3 is 5.97 Å². The molecule has 2 rings (SSSR count). The van der Waals surface area contributed by atoms with E-state index >= 15 is 0 Å². The Morgan fingerprint density at radius 1 is 1.24 bits per heavy atom. The quantitative estimate of drug-likeness (QED) is 0.821. The Balaban J connectivity index is 2.44. The van der Waals surface area contributed by atoms with Crippen LogP contribution in [0.3, 0.4) is 0 Å². The molecule has 1 aromatic carbocycles. The number of benzene rings is 1. The molecular weight excluding hydrogens is 214 g/mol. The number of H-pyrrole nitrogens is 1. The average Bonchev–Trinajstić information content (AvgIpc) is 2.79. The van der Waals surface area contributed by atoms with Crippen molar-refractivity contribution < 1.29 is 9.53 Å². The van der Waals surface area contributed by atoms with E-state index < -0.39 is 0 Å². The molecule has 2 aromatic rings. The summed E-state index contributed by atoms with van der Waals surface area (Å²) in [5.74, 6) is -0.309. The number of rotatable bonds is 3. The first kappa shape index (κ1) is 11.5. The molecule has 3 nitrogen and oxygen atoms in total. The zero-order chi connectivity index (χ0) is 12.3. The van der Waals surface area contributed by atoms with Crippen LogP contribution in [-0.2, 0) is 4.74 Å². The van der Waals surface area contributed by atoms with Gasteiger partial charge in [-0.05, 0) is 31.0 Å². The maximum atomic E-state index is 11.8. The van der Waals surface area contributed by atoms with Crippen molar-refractivity contribution >= 4 is 5.97 Å². The third-order valence-corrected chi connectivity index (χ3v) is 2.66. The summed E-state index contributed by atoms with van der Waals surface area (Å²) in [6.07, 6.45) is 1.76. The lowest BCUT2D eigenvalue weighted by molar-refractivity contribution is 0.0521. The van der Waals surface area contributed by atoms with Gasteiger partial charge in [-0.2, -0.15) is 0 Å². The monoisotopic (exact) mass is 229 g/mol.